The number of fused-ring (bicyclic) bond motifs is 1. The molecule has 6 rings (SSSR count). The Labute approximate surface area is 227 Å². The van der Waals surface area contributed by atoms with Crippen molar-refractivity contribution in [2.45, 2.75) is 60.1 Å². The fourth-order valence-corrected chi connectivity index (χ4v) is 7.88. The Kier molecular flexibility index (Phi) is 5.86. The first-order valence-corrected chi connectivity index (χ1v) is 16.2. The van der Waals surface area contributed by atoms with Gasteiger partial charge in [-0.05, 0) is 75.9 Å². The van der Waals surface area contributed by atoms with Crippen molar-refractivity contribution in [3.05, 3.63) is 47.5 Å². The molecule has 2 aromatic carbocycles. The highest BCUT2D eigenvalue weighted by Crippen LogP contribution is 2.49. The summed E-state index contributed by atoms with van der Waals surface area (Å²) >= 11 is 6.63. The molecule has 202 valence electrons. The summed E-state index contributed by atoms with van der Waals surface area (Å²) < 4.78 is 53.6. The van der Waals surface area contributed by atoms with Crippen LogP contribution in [0.15, 0.2) is 52.3 Å². The van der Waals surface area contributed by atoms with Crippen molar-refractivity contribution in [1.82, 2.24) is 14.1 Å². The van der Waals surface area contributed by atoms with Crippen molar-refractivity contribution in [1.29, 1.82) is 0 Å². The number of carbonyl (C=O) groups is 1. The van der Waals surface area contributed by atoms with Gasteiger partial charge in [-0.15, -0.1) is 5.10 Å². The Morgan fingerprint density at radius 2 is 1.66 bits per heavy atom. The van der Waals surface area contributed by atoms with Gasteiger partial charge in [-0.25, -0.2) is 8.42 Å². The molecule has 3 fully saturated rings. The van der Waals surface area contributed by atoms with Gasteiger partial charge < -0.3 is 9.80 Å². The maximum Gasteiger partial charge on any atom is 0.283 e. The highest BCUT2D eigenvalue weighted by molar-refractivity contribution is 7.92. The van der Waals surface area contributed by atoms with E-state index in [1.54, 1.807) is 32.0 Å². The largest absolute Gasteiger partial charge is 0.345 e. The molecule has 0 unspecified atom stereocenters. The summed E-state index contributed by atoms with van der Waals surface area (Å²) in [5.41, 5.74) is 0.0729. The van der Waals surface area contributed by atoms with Gasteiger partial charge in [0.15, 0.2) is 15.7 Å². The number of hydrogen-bond donors (Lipinski definition) is 0. The van der Waals surface area contributed by atoms with E-state index in [2.05, 4.69) is 10.00 Å². The lowest BCUT2D eigenvalue weighted by Crippen LogP contribution is -2.57. The Bertz CT molecular complexity index is 1660. The zero-order valence-electron chi connectivity index (χ0n) is 21.2. The van der Waals surface area contributed by atoms with Gasteiger partial charge in [0.05, 0.1) is 36.5 Å². The third-order valence-corrected chi connectivity index (χ3v) is 12.0. The molecule has 2 saturated carbocycles. The zero-order chi connectivity index (χ0) is 27.0. The number of hydrogen-bond acceptors (Lipinski definition) is 7. The van der Waals surface area contributed by atoms with Crippen molar-refractivity contribution in [2.75, 3.05) is 24.5 Å². The minimum absolute atomic E-state index is 0.0646. The second-order valence-electron chi connectivity index (χ2n) is 10.8. The molecule has 0 bridgehead atoms. The van der Waals surface area contributed by atoms with Gasteiger partial charge in [0.1, 0.15) is 0 Å². The van der Waals surface area contributed by atoms with Crippen molar-refractivity contribution < 1.29 is 21.6 Å². The van der Waals surface area contributed by atoms with E-state index in [1.807, 2.05) is 4.90 Å². The lowest BCUT2D eigenvalue weighted by Gasteiger charge is -2.42. The number of anilines is 1. The molecule has 2 aliphatic carbocycles. The van der Waals surface area contributed by atoms with Gasteiger partial charge in [-0.1, -0.05) is 17.7 Å². The number of piperazine rings is 1. The van der Waals surface area contributed by atoms with Crippen LogP contribution in [0, 0.1) is 5.92 Å². The molecular weight excluding hydrogens is 548 g/mol. The number of nitrogens with zero attached hydrogens (tertiary/aromatic N) is 4. The summed E-state index contributed by atoms with van der Waals surface area (Å²) in [4.78, 5) is 16.8. The van der Waals surface area contributed by atoms with Crippen LogP contribution in [0.1, 0.15) is 39.5 Å². The summed E-state index contributed by atoms with van der Waals surface area (Å²) in [6.45, 7) is 4.84. The Balaban J connectivity index is 1.40. The van der Waals surface area contributed by atoms with E-state index in [0.717, 1.165) is 29.8 Å². The first-order chi connectivity index (χ1) is 18.0. The van der Waals surface area contributed by atoms with Crippen LogP contribution in [0.2, 0.25) is 5.02 Å². The molecule has 38 heavy (non-hydrogen) atoms. The van der Waals surface area contributed by atoms with Crippen LogP contribution >= 0.6 is 11.6 Å². The van der Waals surface area contributed by atoms with E-state index in [4.69, 9.17) is 11.6 Å². The molecule has 9 nitrogen and oxygen atoms in total. The molecule has 0 atom stereocenters. The second-order valence-corrected chi connectivity index (χ2v) is 15.5. The minimum Gasteiger partial charge on any atom is -0.345 e. The lowest BCUT2D eigenvalue weighted by molar-refractivity contribution is -0.133. The van der Waals surface area contributed by atoms with Crippen molar-refractivity contribution in [2.24, 2.45) is 5.92 Å². The van der Waals surface area contributed by atoms with E-state index in [1.165, 1.54) is 24.3 Å². The van der Waals surface area contributed by atoms with Gasteiger partial charge in [0, 0.05) is 25.6 Å². The zero-order valence-corrected chi connectivity index (χ0v) is 23.6. The molecule has 12 heteroatoms. The van der Waals surface area contributed by atoms with E-state index >= 15 is 0 Å². The first kappa shape index (κ1) is 25.6. The van der Waals surface area contributed by atoms with Crippen LogP contribution in [-0.4, -0.2) is 67.3 Å². The first-order valence-electron chi connectivity index (χ1n) is 12.8. The van der Waals surface area contributed by atoms with Gasteiger partial charge >= 0.3 is 0 Å². The fourth-order valence-electron chi connectivity index (χ4n) is 5.29. The summed E-state index contributed by atoms with van der Waals surface area (Å²) in [5, 5.41) is 4.94. The summed E-state index contributed by atoms with van der Waals surface area (Å²) in [5.74, 6) is 0.859. The van der Waals surface area contributed by atoms with Crippen LogP contribution in [0.25, 0.3) is 10.9 Å². The summed E-state index contributed by atoms with van der Waals surface area (Å²) in [6, 6.07) is 10.3. The highest BCUT2D eigenvalue weighted by atomic mass is 35.5. The van der Waals surface area contributed by atoms with Crippen LogP contribution in [0.5, 0.6) is 0 Å². The average molecular weight is 577 g/mol. The Morgan fingerprint density at radius 1 is 1.00 bits per heavy atom. The molecular formula is C26H29ClN4O5S2. The standard InChI is InChI=1S/C26H29ClN4O5S2/c1-17(2)37(33,34)19-8-10-20(11-9-19)38(35,36)31-22-5-3-4-21(27)23(22)24(28-31)30-15-14-29(16-26(30)12-13-26)25(32)18-6-7-18/h3-5,8-11,17-18H,6-7,12-16H2,1-2H3. The second kappa shape index (κ2) is 8.69. The summed E-state index contributed by atoms with van der Waals surface area (Å²) in [6.07, 6.45) is 3.69. The van der Waals surface area contributed by atoms with Gasteiger partial charge in [-0.3, -0.25) is 4.79 Å². The van der Waals surface area contributed by atoms with Crippen LogP contribution < -0.4 is 4.90 Å². The quantitative estimate of drug-likeness (QED) is 0.440. The SMILES string of the molecule is CC(C)S(=O)(=O)c1ccc(S(=O)(=O)n2nc(N3CCN(C(=O)C4CC4)CC34CC4)c3c(Cl)cccc32)cc1. The number of carbonyl (C=O) groups excluding carboxylic acids is 1. The number of benzene rings is 2. The third-order valence-electron chi connectivity index (χ3n) is 7.88. The average Bonchev–Trinajstić information content (AvgIpc) is 3.82. The molecule has 3 aliphatic rings. The van der Waals surface area contributed by atoms with E-state index < -0.39 is 25.1 Å². The molecule has 3 aromatic rings. The number of halogens is 1. The monoisotopic (exact) mass is 576 g/mol. The van der Waals surface area contributed by atoms with Gasteiger partial charge in [-0.2, -0.15) is 12.5 Å². The Morgan fingerprint density at radius 3 is 2.26 bits per heavy atom. The Hall–Kier alpha value is -2.63. The van der Waals surface area contributed by atoms with E-state index in [0.29, 0.717) is 41.4 Å². The smallest absolute Gasteiger partial charge is 0.283 e. The maximum atomic E-state index is 13.8. The predicted octanol–water partition coefficient (Wildman–Crippen LogP) is 3.70. The highest BCUT2D eigenvalue weighted by Gasteiger charge is 2.54. The molecule has 1 saturated heterocycles. The van der Waals surface area contributed by atoms with E-state index in [9.17, 15) is 21.6 Å². The topological polar surface area (TPSA) is 110 Å². The van der Waals surface area contributed by atoms with E-state index in [-0.39, 0.29) is 27.2 Å². The molecule has 0 N–H and O–H groups in total. The lowest BCUT2D eigenvalue weighted by atomic mass is 10.1. The van der Waals surface area contributed by atoms with Gasteiger partial charge in [0.25, 0.3) is 10.0 Å². The number of aromatic nitrogens is 2. The van der Waals surface area contributed by atoms with Crippen LogP contribution in [0.3, 0.4) is 0 Å². The normalized spacial score (nSPS) is 19.5. The van der Waals surface area contributed by atoms with Crippen LogP contribution in [0.4, 0.5) is 5.82 Å². The molecule has 1 aliphatic heterocycles. The molecule has 1 aromatic heterocycles. The molecule has 1 amide bonds. The predicted molar refractivity (Wildman–Crippen MR) is 145 cm³/mol. The van der Waals surface area contributed by atoms with Crippen LogP contribution in [-0.2, 0) is 24.7 Å². The number of rotatable bonds is 6. The van der Waals surface area contributed by atoms with Crippen molar-refractivity contribution >= 4 is 54.1 Å². The third kappa shape index (κ3) is 4.01. The minimum atomic E-state index is -4.17. The summed E-state index contributed by atoms with van der Waals surface area (Å²) in [7, 11) is -7.71. The molecule has 2 heterocycles. The molecule has 1 spiro atoms. The number of sulfone groups is 1. The van der Waals surface area contributed by atoms with Crippen molar-refractivity contribution in [3.8, 4) is 0 Å². The number of amides is 1. The van der Waals surface area contributed by atoms with Gasteiger partial charge in [0.2, 0.25) is 5.91 Å². The fraction of sp³-hybridized carbons (Fsp3) is 0.462. The van der Waals surface area contributed by atoms with Crippen molar-refractivity contribution in [3.63, 3.8) is 0 Å². The maximum absolute atomic E-state index is 13.8. The molecule has 0 radical (unpaired) electrons.